The summed E-state index contributed by atoms with van der Waals surface area (Å²) in [5.41, 5.74) is 1.42. The minimum absolute atomic E-state index is 0.0570. The Labute approximate surface area is 106 Å². The predicted octanol–water partition coefficient (Wildman–Crippen LogP) is 1.76. The number of alkyl halides is 1. The third-order valence-corrected chi connectivity index (χ3v) is 2.54. The molecule has 17 heavy (non-hydrogen) atoms. The van der Waals surface area contributed by atoms with E-state index in [1.54, 1.807) is 25.4 Å². The third-order valence-electron chi connectivity index (χ3n) is 2.32. The van der Waals surface area contributed by atoms with Crippen LogP contribution in [0.1, 0.15) is 22.5 Å². The lowest BCUT2D eigenvalue weighted by Crippen LogP contribution is -2.38. The van der Waals surface area contributed by atoms with E-state index in [0.717, 1.165) is 5.69 Å². The summed E-state index contributed by atoms with van der Waals surface area (Å²) in [5, 5.41) is 2.89. The van der Waals surface area contributed by atoms with Crippen LogP contribution in [-0.2, 0) is 4.74 Å². The fraction of sp³-hybridized carbons (Fsp3) is 0.500. The van der Waals surface area contributed by atoms with E-state index in [2.05, 4.69) is 10.3 Å². The number of carbonyl (C=O) groups is 1. The van der Waals surface area contributed by atoms with Gasteiger partial charge in [0, 0.05) is 30.4 Å². The van der Waals surface area contributed by atoms with Crippen molar-refractivity contribution >= 4 is 17.5 Å². The SMILES string of the molecule is COCC(CCCl)NC(=O)c1ccnc(C)c1. The van der Waals surface area contributed by atoms with Crippen LogP contribution in [0.2, 0.25) is 0 Å². The van der Waals surface area contributed by atoms with Gasteiger partial charge in [-0.15, -0.1) is 11.6 Å². The van der Waals surface area contributed by atoms with Gasteiger partial charge in [0.1, 0.15) is 0 Å². The zero-order valence-corrected chi connectivity index (χ0v) is 10.8. The molecule has 1 aromatic heterocycles. The molecule has 94 valence electrons. The highest BCUT2D eigenvalue weighted by molar-refractivity contribution is 6.17. The normalized spacial score (nSPS) is 12.2. The quantitative estimate of drug-likeness (QED) is 0.789. The number of nitrogens with one attached hydrogen (secondary N) is 1. The number of carbonyl (C=O) groups excluding carboxylic acids is 1. The van der Waals surface area contributed by atoms with E-state index in [9.17, 15) is 4.79 Å². The molecule has 0 aliphatic heterocycles. The lowest BCUT2D eigenvalue weighted by atomic mass is 10.2. The maximum absolute atomic E-state index is 11.9. The van der Waals surface area contributed by atoms with E-state index in [1.807, 2.05) is 6.92 Å². The molecule has 0 aliphatic carbocycles. The minimum atomic E-state index is -0.123. The predicted molar refractivity (Wildman–Crippen MR) is 67.4 cm³/mol. The van der Waals surface area contributed by atoms with Gasteiger partial charge in [0.15, 0.2) is 0 Å². The first-order valence-electron chi connectivity index (χ1n) is 5.45. The highest BCUT2D eigenvalue weighted by Crippen LogP contribution is 2.03. The number of amides is 1. The van der Waals surface area contributed by atoms with Gasteiger partial charge in [-0.2, -0.15) is 0 Å². The molecular formula is C12H17ClN2O2. The topological polar surface area (TPSA) is 51.2 Å². The summed E-state index contributed by atoms with van der Waals surface area (Å²) < 4.78 is 5.03. The molecule has 0 fully saturated rings. The Kier molecular flexibility index (Phi) is 5.94. The molecule has 4 nitrogen and oxygen atoms in total. The second-order valence-electron chi connectivity index (χ2n) is 3.79. The molecule has 0 saturated carbocycles. The molecule has 1 unspecified atom stereocenters. The third kappa shape index (κ3) is 4.71. The monoisotopic (exact) mass is 256 g/mol. The Morgan fingerprint density at radius 1 is 1.65 bits per heavy atom. The Morgan fingerprint density at radius 2 is 2.41 bits per heavy atom. The summed E-state index contributed by atoms with van der Waals surface area (Å²) in [6.07, 6.45) is 2.31. The number of rotatable bonds is 6. The molecule has 1 amide bonds. The Morgan fingerprint density at radius 3 is 3.00 bits per heavy atom. The lowest BCUT2D eigenvalue weighted by molar-refractivity contribution is 0.0895. The molecule has 1 rings (SSSR count). The van der Waals surface area contributed by atoms with Gasteiger partial charge in [-0.1, -0.05) is 0 Å². The van der Waals surface area contributed by atoms with Crippen LogP contribution in [0.5, 0.6) is 0 Å². The fourth-order valence-electron chi connectivity index (χ4n) is 1.49. The zero-order chi connectivity index (χ0) is 12.7. The van der Waals surface area contributed by atoms with E-state index in [4.69, 9.17) is 16.3 Å². The molecular weight excluding hydrogens is 240 g/mol. The van der Waals surface area contributed by atoms with Crippen LogP contribution >= 0.6 is 11.6 Å². The number of nitrogens with zero attached hydrogens (tertiary/aromatic N) is 1. The van der Waals surface area contributed by atoms with Crippen molar-refractivity contribution in [3.63, 3.8) is 0 Å². The molecule has 0 spiro atoms. The van der Waals surface area contributed by atoms with Crippen LogP contribution in [0.3, 0.4) is 0 Å². The van der Waals surface area contributed by atoms with Gasteiger partial charge < -0.3 is 10.1 Å². The van der Waals surface area contributed by atoms with Gasteiger partial charge in [-0.25, -0.2) is 0 Å². The highest BCUT2D eigenvalue weighted by Gasteiger charge is 2.13. The van der Waals surface area contributed by atoms with Crippen molar-refractivity contribution < 1.29 is 9.53 Å². The molecule has 0 radical (unpaired) electrons. The summed E-state index contributed by atoms with van der Waals surface area (Å²) in [6.45, 7) is 2.31. The highest BCUT2D eigenvalue weighted by atomic mass is 35.5. The van der Waals surface area contributed by atoms with Crippen LogP contribution in [0.25, 0.3) is 0 Å². The molecule has 0 aliphatic rings. The van der Waals surface area contributed by atoms with Gasteiger partial charge in [-0.05, 0) is 25.5 Å². The average molecular weight is 257 g/mol. The summed E-state index contributed by atoms with van der Waals surface area (Å²) in [5.74, 6) is 0.367. The summed E-state index contributed by atoms with van der Waals surface area (Å²) in [4.78, 5) is 16.0. The van der Waals surface area contributed by atoms with Gasteiger partial charge in [0.2, 0.25) is 0 Å². The van der Waals surface area contributed by atoms with Gasteiger partial charge in [-0.3, -0.25) is 9.78 Å². The van der Waals surface area contributed by atoms with E-state index in [-0.39, 0.29) is 11.9 Å². The first-order chi connectivity index (χ1) is 8.17. The maximum Gasteiger partial charge on any atom is 0.251 e. The number of hydrogen-bond acceptors (Lipinski definition) is 3. The Hall–Kier alpha value is -1.13. The summed E-state index contributed by atoms with van der Waals surface area (Å²) in [6, 6.07) is 3.38. The lowest BCUT2D eigenvalue weighted by Gasteiger charge is -2.16. The van der Waals surface area contributed by atoms with E-state index < -0.39 is 0 Å². The Balaban J connectivity index is 2.63. The first-order valence-corrected chi connectivity index (χ1v) is 5.99. The van der Waals surface area contributed by atoms with Crippen molar-refractivity contribution in [2.24, 2.45) is 0 Å². The second-order valence-corrected chi connectivity index (χ2v) is 4.17. The van der Waals surface area contributed by atoms with Crippen molar-refractivity contribution in [1.29, 1.82) is 0 Å². The van der Waals surface area contributed by atoms with Crippen LogP contribution < -0.4 is 5.32 Å². The number of aryl methyl sites for hydroxylation is 1. The molecule has 0 saturated heterocycles. The van der Waals surface area contributed by atoms with Crippen LogP contribution in [0, 0.1) is 6.92 Å². The number of methoxy groups -OCH3 is 1. The van der Waals surface area contributed by atoms with Gasteiger partial charge in [0.25, 0.3) is 5.91 Å². The van der Waals surface area contributed by atoms with E-state index in [1.165, 1.54) is 0 Å². The van der Waals surface area contributed by atoms with E-state index >= 15 is 0 Å². The van der Waals surface area contributed by atoms with Crippen molar-refractivity contribution in [3.05, 3.63) is 29.6 Å². The van der Waals surface area contributed by atoms with Crippen molar-refractivity contribution in [2.75, 3.05) is 19.6 Å². The summed E-state index contributed by atoms with van der Waals surface area (Å²) >= 11 is 5.67. The first kappa shape index (κ1) is 13.9. The number of aromatic nitrogens is 1. The second kappa shape index (κ2) is 7.25. The van der Waals surface area contributed by atoms with Crippen LogP contribution in [0.4, 0.5) is 0 Å². The van der Waals surface area contributed by atoms with Crippen LogP contribution in [-0.4, -0.2) is 36.5 Å². The number of halogens is 1. The molecule has 1 aromatic rings. The Bertz CT molecular complexity index is 365. The van der Waals surface area contributed by atoms with Crippen LogP contribution in [0.15, 0.2) is 18.3 Å². The molecule has 0 bridgehead atoms. The smallest absolute Gasteiger partial charge is 0.251 e. The molecule has 1 heterocycles. The minimum Gasteiger partial charge on any atom is -0.383 e. The number of pyridine rings is 1. The number of hydrogen-bond donors (Lipinski definition) is 1. The zero-order valence-electron chi connectivity index (χ0n) is 10.1. The van der Waals surface area contributed by atoms with Crippen molar-refractivity contribution in [1.82, 2.24) is 10.3 Å². The average Bonchev–Trinajstić information content (AvgIpc) is 2.29. The van der Waals surface area contributed by atoms with Crippen molar-refractivity contribution in [2.45, 2.75) is 19.4 Å². The van der Waals surface area contributed by atoms with E-state index in [0.29, 0.717) is 24.5 Å². The summed E-state index contributed by atoms with van der Waals surface area (Å²) in [7, 11) is 1.60. The largest absolute Gasteiger partial charge is 0.383 e. The molecule has 0 aromatic carbocycles. The van der Waals surface area contributed by atoms with Crippen molar-refractivity contribution in [3.8, 4) is 0 Å². The standard InChI is InChI=1S/C12H17ClN2O2/c1-9-7-10(4-6-14-9)12(16)15-11(3-5-13)8-17-2/h4,6-7,11H,3,5,8H2,1-2H3,(H,15,16). The molecule has 5 heteroatoms. The van der Waals surface area contributed by atoms with Gasteiger partial charge >= 0.3 is 0 Å². The molecule has 1 N–H and O–H groups in total. The fourth-order valence-corrected chi connectivity index (χ4v) is 1.75. The molecule has 1 atom stereocenters. The maximum atomic E-state index is 11.9. The number of ether oxygens (including phenoxy) is 1. The van der Waals surface area contributed by atoms with Gasteiger partial charge in [0.05, 0.1) is 12.6 Å².